The first-order valence-electron chi connectivity index (χ1n) is 6.30. The summed E-state index contributed by atoms with van der Waals surface area (Å²) in [6.07, 6.45) is 4.07. The summed E-state index contributed by atoms with van der Waals surface area (Å²) in [7, 11) is 0. The van der Waals surface area contributed by atoms with Gasteiger partial charge in [0, 0.05) is 0 Å². The number of rotatable bonds is 2. The summed E-state index contributed by atoms with van der Waals surface area (Å²) in [4.78, 5) is 2.63. The zero-order chi connectivity index (χ0) is 10.8. The van der Waals surface area contributed by atoms with Crippen LogP contribution in [-0.4, -0.2) is 31.2 Å². The van der Waals surface area contributed by atoms with Crippen molar-refractivity contribution in [3.8, 4) is 0 Å². The third-order valence-electron chi connectivity index (χ3n) is 3.95. The Bertz CT molecular complexity index is 339. The molecule has 0 bridgehead atoms. The molecule has 0 amide bonds. The summed E-state index contributed by atoms with van der Waals surface area (Å²) in [6.45, 7) is 4.21. The maximum Gasteiger partial charge on any atom is 0.0933 e. The van der Waals surface area contributed by atoms with Gasteiger partial charge in [-0.1, -0.05) is 36.8 Å². The minimum atomic E-state index is 0.196. The largest absolute Gasteiger partial charge is 0.377 e. The van der Waals surface area contributed by atoms with Gasteiger partial charge in [0.25, 0.3) is 0 Å². The average molecular weight is 217 g/mol. The van der Waals surface area contributed by atoms with E-state index in [-0.39, 0.29) is 5.54 Å². The molecule has 0 radical (unpaired) electrons. The Hall–Kier alpha value is -0.860. The second kappa shape index (κ2) is 4.19. The van der Waals surface area contributed by atoms with Gasteiger partial charge in [0.1, 0.15) is 0 Å². The maximum absolute atomic E-state index is 5.50. The molecule has 2 saturated heterocycles. The van der Waals surface area contributed by atoms with Crippen molar-refractivity contribution in [3.63, 3.8) is 0 Å². The fourth-order valence-electron chi connectivity index (χ4n) is 2.90. The van der Waals surface area contributed by atoms with Gasteiger partial charge in [0.05, 0.1) is 18.8 Å². The Balaban J connectivity index is 1.87. The third-order valence-corrected chi connectivity index (χ3v) is 3.95. The molecule has 0 spiro atoms. The van der Waals surface area contributed by atoms with Crippen molar-refractivity contribution in [2.24, 2.45) is 0 Å². The fraction of sp³-hybridized carbons (Fsp3) is 0.571. The molecule has 2 fully saturated rings. The first kappa shape index (κ1) is 10.3. The van der Waals surface area contributed by atoms with Gasteiger partial charge in [-0.05, 0) is 31.5 Å². The summed E-state index contributed by atoms with van der Waals surface area (Å²) in [5.74, 6) is 0. The van der Waals surface area contributed by atoms with Crippen molar-refractivity contribution >= 4 is 0 Å². The van der Waals surface area contributed by atoms with Crippen LogP contribution in [0, 0.1) is 0 Å². The summed E-state index contributed by atoms with van der Waals surface area (Å²) in [6, 6.07) is 10.9. The normalized spacial score (nSPS) is 25.0. The third kappa shape index (κ3) is 1.57. The Kier molecular flexibility index (Phi) is 2.70. The average Bonchev–Trinajstić information content (AvgIpc) is 2.31. The van der Waals surface area contributed by atoms with Crippen molar-refractivity contribution in [1.82, 2.24) is 4.90 Å². The lowest BCUT2D eigenvalue weighted by Gasteiger charge is -2.51. The molecule has 0 N–H and O–H groups in total. The fourth-order valence-corrected chi connectivity index (χ4v) is 2.90. The molecular weight excluding hydrogens is 198 g/mol. The van der Waals surface area contributed by atoms with Crippen molar-refractivity contribution in [2.45, 2.75) is 24.8 Å². The molecule has 0 aliphatic carbocycles. The lowest BCUT2D eigenvalue weighted by molar-refractivity contribution is -0.151. The number of benzene rings is 1. The molecule has 16 heavy (non-hydrogen) atoms. The summed E-state index contributed by atoms with van der Waals surface area (Å²) < 4.78 is 5.50. The van der Waals surface area contributed by atoms with Crippen molar-refractivity contribution in [3.05, 3.63) is 35.9 Å². The van der Waals surface area contributed by atoms with Gasteiger partial charge in [-0.15, -0.1) is 0 Å². The van der Waals surface area contributed by atoms with E-state index in [0.717, 1.165) is 13.2 Å². The summed E-state index contributed by atoms with van der Waals surface area (Å²) in [5, 5.41) is 0. The Morgan fingerprint density at radius 1 is 0.938 bits per heavy atom. The van der Waals surface area contributed by atoms with Crippen LogP contribution in [-0.2, 0) is 10.3 Å². The molecular formula is C14H19NO. The van der Waals surface area contributed by atoms with Gasteiger partial charge in [0.15, 0.2) is 0 Å². The van der Waals surface area contributed by atoms with E-state index in [2.05, 4.69) is 35.2 Å². The van der Waals surface area contributed by atoms with Gasteiger partial charge < -0.3 is 4.74 Å². The zero-order valence-corrected chi connectivity index (χ0v) is 9.69. The van der Waals surface area contributed by atoms with Gasteiger partial charge in [0.2, 0.25) is 0 Å². The van der Waals surface area contributed by atoms with Crippen LogP contribution in [0.1, 0.15) is 24.8 Å². The number of piperidine rings is 1. The molecule has 86 valence electrons. The predicted octanol–water partition coefficient (Wildman–Crippen LogP) is 2.40. The van der Waals surface area contributed by atoms with E-state index in [4.69, 9.17) is 4.74 Å². The molecule has 0 atom stereocenters. The molecule has 0 saturated carbocycles. The SMILES string of the molecule is c1ccc(C2(N3CCCCC3)COC2)cc1. The molecule has 2 heteroatoms. The van der Waals surface area contributed by atoms with Crippen LogP contribution in [0.15, 0.2) is 30.3 Å². The molecule has 0 unspecified atom stereocenters. The van der Waals surface area contributed by atoms with Gasteiger partial charge in [-0.25, -0.2) is 0 Å². The second-order valence-corrected chi connectivity index (χ2v) is 4.94. The van der Waals surface area contributed by atoms with Crippen molar-refractivity contribution < 1.29 is 4.74 Å². The highest BCUT2D eigenvalue weighted by atomic mass is 16.5. The van der Waals surface area contributed by atoms with E-state index in [1.165, 1.54) is 37.9 Å². The van der Waals surface area contributed by atoms with Crippen molar-refractivity contribution in [1.29, 1.82) is 0 Å². The molecule has 2 nitrogen and oxygen atoms in total. The molecule has 1 aromatic rings. The Labute approximate surface area is 97.2 Å². The maximum atomic E-state index is 5.50. The summed E-state index contributed by atoms with van der Waals surface area (Å²) in [5.41, 5.74) is 1.63. The number of ether oxygens (including phenoxy) is 1. The minimum absolute atomic E-state index is 0.196. The number of nitrogens with zero attached hydrogens (tertiary/aromatic N) is 1. The quantitative estimate of drug-likeness (QED) is 0.754. The number of hydrogen-bond acceptors (Lipinski definition) is 2. The summed E-state index contributed by atoms with van der Waals surface area (Å²) >= 11 is 0. The van der Waals surface area contributed by atoms with E-state index in [9.17, 15) is 0 Å². The van der Waals surface area contributed by atoms with Crippen LogP contribution < -0.4 is 0 Å². The van der Waals surface area contributed by atoms with Crippen molar-refractivity contribution in [2.75, 3.05) is 26.3 Å². The van der Waals surface area contributed by atoms with E-state index in [1.807, 2.05) is 0 Å². The molecule has 1 aromatic carbocycles. The Morgan fingerprint density at radius 2 is 1.62 bits per heavy atom. The van der Waals surface area contributed by atoms with Crippen LogP contribution in [0.25, 0.3) is 0 Å². The zero-order valence-electron chi connectivity index (χ0n) is 9.69. The smallest absolute Gasteiger partial charge is 0.0933 e. The molecule has 2 aliphatic rings. The predicted molar refractivity (Wildman–Crippen MR) is 64.4 cm³/mol. The molecule has 2 heterocycles. The van der Waals surface area contributed by atoms with E-state index in [0.29, 0.717) is 0 Å². The van der Waals surface area contributed by atoms with E-state index < -0.39 is 0 Å². The molecule has 3 rings (SSSR count). The Morgan fingerprint density at radius 3 is 2.19 bits per heavy atom. The topological polar surface area (TPSA) is 12.5 Å². The van der Waals surface area contributed by atoms with E-state index in [1.54, 1.807) is 0 Å². The van der Waals surface area contributed by atoms with Crippen LogP contribution in [0.5, 0.6) is 0 Å². The highest BCUT2D eigenvalue weighted by Gasteiger charge is 2.45. The molecule has 0 aromatic heterocycles. The lowest BCUT2D eigenvalue weighted by Crippen LogP contribution is -2.60. The van der Waals surface area contributed by atoms with Crippen LogP contribution in [0.4, 0.5) is 0 Å². The minimum Gasteiger partial charge on any atom is -0.377 e. The van der Waals surface area contributed by atoms with Gasteiger partial charge in [-0.2, -0.15) is 0 Å². The monoisotopic (exact) mass is 217 g/mol. The first-order valence-corrected chi connectivity index (χ1v) is 6.30. The highest BCUT2D eigenvalue weighted by Crippen LogP contribution is 2.37. The van der Waals surface area contributed by atoms with Crippen LogP contribution >= 0.6 is 0 Å². The van der Waals surface area contributed by atoms with Gasteiger partial charge in [-0.3, -0.25) is 4.90 Å². The standard InChI is InChI=1S/C14H19NO/c1-3-7-13(8-4-1)14(11-16-12-14)15-9-5-2-6-10-15/h1,3-4,7-8H,2,5-6,9-12H2. The number of hydrogen-bond donors (Lipinski definition) is 0. The van der Waals surface area contributed by atoms with Crippen LogP contribution in [0.2, 0.25) is 0 Å². The highest BCUT2D eigenvalue weighted by molar-refractivity contribution is 5.27. The van der Waals surface area contributed by atoms with E-state index >= 15 is 0 Å². The van der Waals surface area contributed by atoms with Crippen LogP contribution in [0.3, 0.4) is 0 Å². The second-order valence-electron chi connectivity index (χ2n) is 4.94. The first-order chi connectivity index (χ1) is 7.92. The lowest BCUT2D eigenvalue weighted by atomic mass is 9.84. The number of likely N-dealkylation sites (tertiary alicyclic amines) is 1. The van der Waals surface area contributed by atoms with Gasteiger partial charge >= 0.3 is 0 Å². The molecule has 2 aliphatic heterocycles.